The fourth-order valence-electron chi connectivity index (χ4n) is 1.42. The Balaban J connectivity index is 2.29. The monoisotopic (exact) mass is 180 g/mol. The van der Waals surface area contributed by atoms with Crippen molar-refractivity contribution in [3.8, 4) is 0 Å². The Hall–Kier alpha value is -0.470. The second kappa shape index (κ2) is 3.11. The summed E-state index contributed by atoms with van der Waals surface area (Å²) in [6, 6.07) is 10.4. The zero-order valence-corrected chi connectivity index (χ0v) is 7.93. The molecule has 1 saturated heterocycles. The van der Waals surface area contributed by atoms with E-state index < -0.39 is 0 Å². The van der Waals surface area contributed by atoms with Crippen LogP contribution in [0.2, 0.25) is 0 Å². The van der Waals surface area contributed by atoms with E-state index in [2.05, 4.69) is 31.2 Å². The number of rotatable bonds is 1. The highest BCUT2D eigenvalue weighted by atomic mass is 32.2. The Kier molecular flexibility index (Phi) is 2.11. The molecule has 0 aromatic heterocycles. The van der Waals surface area contributed by atoms with Crippen LogP contribution in [-0.4, -0.2) is 12.4 Å². The first-order chi connectivity index (χ1) is 5.81. The normalized spacial score (nSPS) is 29.1. The third kappa shape index (κ3) is 1.37. The van der Waals surface area contributed by atoms with Gasteiger partial charge in [-0.2, -0.15) is 0 Å². The van der Waals surface area contributed by atoms with Crippen LogP contribution in [0.1, 0.15) is 12.5 Å². The van der Waals surface area contributed by atoms with Gasteiger partial charge in [0.15, 0.2) is 0 Å². The lowest BCUT2D eigenvalue weighted by Gasteiger charge is -2.22. The molecule has 1 nitrogen and oxygen atoms in total. The number of ether oxygens (including phenoxy) is 1. The lowest BCUT2D eigenvalue weighted by atomic mass is 10.1. The van der Waals surface area contributed by atoms with Crippen molar-refractivity contribution in [3.05, 3.63) is 35.9 Å². The fourth-order valence-corrected chi connectivity index (χ4v) is 2.45. The molecule has 0 amide bonds. The van der Waals surface area contributed by atoms with Crippen molar-refractivity contribution in [2.75, 3.05) is 12.4 Å². The van der Waals surface area contributed by atoms with Gasteiger partial charge in [0, 0.05) is 5.75 Å². The predicted molar refractivity (Wildman–Crippen MR) is 52.2 cm³/mol. The Labute approximate surface area is 77.1 Å². The van der Waals surface area contributed by atoms with E-state index in [1.54, 1.807) is 0 Å². The van der Waals surface area contributed by atoms with Gasteiger partial charge in [-0.05, 0) is 12.5 Å². The van der Waals surface area contributed by atoms with Crippen LogP contribution < -0.4 is 0 Å². The zero-order chi connectivity index (χ0) is 8.44. The summed E-state index contributed by atoms with van der Waals surface area (Å²) in [4.78, 5) is -0.0960. The fraction of sp³-hybridized carbons (Fsp3) is 0.400. The smallest absolute Gasteiger partial charge is 0.136 e. The van der Waals surface area contributed by atoms with Gasteiger partial charge >= 0.3 is 0 Å². The minimum absolute atomic E-state index is 0.0960. The molecule has 1 aliphatic rings. The van der Waals surface area contributed by atoms with E-state index in [1.807, 2.05) is 17.8 Å². The summed E-state index contributed by atoms with van der Waals surface area (Å²) in [5, 5.41) is 0. The molecule has 1 aromatic rings. The summed E-state index contributed by atoms with van der Waals surface area (Å²) in [5.41, 5.74) is 1.27. The molecule has 0 N–H and O–H groups in total. The van der Waals surface area contributed by atoms with E-state index in [0.29, 0.717) is 0 Å². The molecule has 12 heavy (non-hydrogen) atoms. The van der Waals surface area contributed by atoms with Crippen LogP contribution in [0.15, 0.2) is 30.3 Å². The molecule has 64 valence electrons. The first-order valence-electron chi connectivity index (χ1n) is 4.15. The first kappa shape index (κ1) is 8.14. The molecule has 1 fully saturated rings. The summed E-state index contributed by atoms with van der Waals surface area (Å²) in [7, 11) is 0. The summed E-state index contributed by atoms with van der Waals surface area (Å²) < 4.78 is 5.69. The van der Waals surface area contributed by atoms with Crippen molar-refractivity contribution in [1.82, 2.24) is 0 Å². The molecule has 1 heterocycles. The van der Waals surface area contributed by atoms with Crippen LogP contribution >= 0.6 is 11.8 Å². The maximum absolute atomic E-state index is 5.69. The van der Waals surface area contributed by atoms with Gasteiger partial charge in [0.1, 0.15) is 4.93 Å². The van der Waals surface area contributed by atoms with Gasteiger partial charge in [0.25, 0.3) is 0 Å². The van der Waals surface area contributed by atoms with E-state index in [4.69, 9.17) is 4.74 Å². The van der Waals surface area contributed by atoms with Crippen LogP contribution in [0, 0.1) is 0 Å². The van der Waals surface area contributed by atoms with Gasteiger partial charge in [0.2, 0.25) is 0 Å². The molecule has 2 heteroatoms. The second-order valence-corrected chi connectivity index (χ2v) is 4.48. The van der Waals surface area contributed by atoms with Gasteiger partial charge in [-0.15, -0.1) is 11.8 Å². The van der Waals surface area contributed by atoms with Crippen molar-refractivity contribution in [1.29, 1.82) is 0 Å². The second-order valence-electron chi connectivity index (χ2n) is 3.01. The van der Waals surface area contributed by atoms with E-state index in [-0.39, 0.29) is 4.93 Å². The Bertz CT molecular complexity index is 252. The Morgan fingerprint density at radius 1 is 1.33 bits per heavy atom. The van der Waals surface area contributed by atoms with Crippen LogP contribution in [0.25, 0.3) is 0 Å². The molecule has 1 aromatic carbocycles. The van der Waals surface area contributed by atoms with E-state index in [9.17, 15) is 0 Å². The van der Waals surface area contributed by atoms with Gasteiger partial charge in [-0.25, -0.2) is 0 Å². The molecule has 0 bridgehead atoms. The topological polar surface area (TPSA) is 9.23 Å². The summed E-state index contributed by atoms with van der Waals surface area (Å²) in [6.45, 7) is 3.01. The Morgan fingerprint density at radius 2 is 2.08 bits per heavy atom. The molecule has 0 radical (unpaired) electrons. The third-order valence-electron chi connectivity index (χ3n) is 2.14. The lowest BCUT2D eigenvalue weighted by molar-refractivity contribution is 0.0644. The highest BCUT2D eigenvalue weighted by Gasteiger charge is 2.32. The predicted octanol–water partition coefficient (Wildman–Crippen LogP) is 2.62. The maximum atomic E-state index is 5.69. The van der Waals surface area contributed by atoms with E-state index in [0.717, 1.165) is 12.4 Å². The molecule has 2 rings (SSSR count). The first-order valence-corrected chi connectivity index (χ1v) is 5.13. The minimum Gasteiger partial charge on any atom is -0.359 e. The number of benzene rings is 1. The van der Waals surface area contributed by atoms with Crippen molar-refractivity contribution >= 4 is 11.8 Å². The molecule has 0 saturated carbocycles. The molecule has 1 aliphatic heterocycles. The summed E-state index contributed by atoms with van der Waals surface area (Å²) in [5.74, 6) is 1.10. The molecule has 0 aliphatic carbocycles. The van der Waals surface area contributed by atoms with Crippen molar-refractivity contribution in [2.24, 2.45) is 0 Å². The van der Waals surface area contributed by atoms with E-state index >= 15 is 0 Å². The van der Waals surface area contributed by atoms with Crippen molar-refractivity contribution in [2.45, 2.75) is 11.9 Å². The van der Waals surface area contributed by atoms with Gasteiger partial charge < -0.3 is 4.74 Å². The third-order valence-corrected chi connectivity index (χ3v) is 3.41. The number of hydrogen-bond donors (Lipinski definition) is 0. The zero-order valence-electron chi connectivity index (χ0n) is 7.12. The summed E-state index contributed by atoms with van der Waals surface area (Å²) >= 11 is 1.88. The maximum Gasteiger partial charge on any atom is 0.136 e. The largest absolute Gasteiger partial charge is 0.359 e. The summed E-state index contributed by atoms with van der Waals surface area (Å²) in [6.07, 6.45) is 0. The van der Waals surface area contributed by atoms with Crippen molar-refractivity contribution < 1.29 is 4.74 Å². The number of hydrogen-bond acceptors (Lipinski definition) is 2. The average Bonchev–Trinajstić information content (AvgIpc) is 2.55. The molecular weight excluding hydrogens is 168 g/mol. The van der Waals surface area contributed by atoms with Crippen LogP contribution in [0.5, 0.6) is 0 Å². The minimum atomic E-state index is -0.0960. The standard InChI is InChI=1S/C10H12OS/c1-10(11-7-8-12-10)9-5-3-2-4-6-9/h2-6H,7-8H2,1H3/t10-/m0/s1. The van der Waals surface area contributed by atoms with Gasteiger partial charge in [-0.3, -0.25) is 0 Å². The molecular formula is C10H12OS. The van der Waals surface area contributed by atoms with Gasteiger partial charge in [0.05, 0.1) is 6.61 Å². The van der Waals surface area contributed by atoms with Crippen molar-refractivity contribution in [3.63, 3.8) is 0 Å². The molecule has 0 unspecified atom stereocenters. The van der Waals surface area contributed by atoms with Crippen LogP contribution in [0.4, 0.5) is 0 Å². The van der Waals surface area contributed by atoms with Gasteiger partial charge in [-0.1, -0.05) is 30.3 Å². The lowest BCUT2D eigenvalue weighted by Crippen LogP contribution is -2.15. The SMILES string of the molecule is C[C@]1(c2ccccc2)OCCS1. The Morgan fingerprint density at radius 3 is 2.67 bits per heavy atom. The molecule has 0 spiro atoms. The number of thioether (sulfide) groups is 1. The van der Waals surface area contributed by atoms with Crippen LogP contribution in [-0.2, 0) is 9.67 Å². The molecule has 1 atom stereocenters. The van der Waals surface area contributed by atoms with Crippen LogP contribution in [0.3, 0.4) is 0 Å². The van der Waals surface area contributed by atoms with E-state index in [1.165, 1.54) is 5.56 Å². The highest BCUT2D eigenvalue weighted by molar-refractivity contribution is 8.00. The highest BCUT2D eigenvalue weighted by Crippen LogP contribution is 2.41. The average molecular weight is 180 g/mol. The quantitative estimate of drug-likeness (QED) is 0.657.